The molecule has 33 heavy (non-hydrogen) atoms. The number of rotatable bonds is 8. The number of non-ortho nitro benzene ring substituents is 1. The van der Waals surface area contributed by atoms with Gasteiger partial charge in [-0.15, -0.1) is 10.2 Å². The van der Waals surface area contributed by atoms with E-state index in [0.29, 0.717) is 11.7 Å². The van der Waals surface area contributed by atoms with Gasteiger partial charge in [-0.25, -0.2) is 0 Å². The molecule has 1 atom stereocenters. The SMILES string of the molecule is CC(Sc1nnc(N2CCCCC2)n1Cc1ccco1)C(=O)Nc1cc([N+](=O)[O-])ccc1Cl. The summed E-state index contributed by atoms with van der Waals surface area (Å²) in [6.45, 7) is 3.99. The van der Waals surface area contributed by atoms with Crippen LogP contribution in [0.15, 0.2) is 46.2 Å². The van der Waals surface area contributed by atoms with Gasteiger partial charge in [0.25, 0.3) is 5.69 Å². The molecule has 0 saturated carbocycles. The fraction of sp³-hybridized carbons (Fsp3) is 0.381. The number of nitro groups is 1. The van der Waals surface area contributed by atoms with Crippen LogP contribution in [0.4, 0.5) is 17.3 Å². The van der Waals surface area contributed by atoms with Gasteiger partial charge in [0.1, 0.15) is 5.76 Å². The monoisotopic (exact) mass is 490 g/mol. The van der Waals surface area contributed by atoms with E-state index >= 15 is 0 Å². The molecule has 0 bridgehead atoms. The summed E-state index contributed by atoms with van der Waals surface area (Å²) in [7, 11) is 0. The van der Waals surface area contributed by atoms with Crippen LogP contribution in [0.2, 0.25) is 5.02 Å². The van der Waals surface area contributed by atoms with Gasteiger partial charge >= 0.3 is 0 Å². The van der Waals surface area contributed by atoms with Crippen molar-refractivity contribution < 1.29 is 14.1 Å². The van der Waals surface area contributed by atoms with E-state index in [1.807, 2.05) is 16.7 Å². The maximum absolute atomic E-state index is 12.8. The average Bonchev–Trinajstić information content (AvgIpc) is 3.46. The molecule has 3 aromatic rings. The lowest BCUT2D eigenvalue weighted by Gasteiger charge is -2.27. The Bertz CT molecular complexity index is 1130. The van der Waals surface area contributed by atoms with Crippen LogP contribution in [-0.2, 0) is 11.3 Å². The first kappa shape index (κ1) is 23.1. The molecule has 0 radical (unpaired) electrons. The van der Waals surface area contributed by atoms with Gasteiger partial charge < -0.3 is 14.6 Å². The van der Waals surface area contributed by atoms with Gasteiger partial charge in [0.2, 0.25) is 11.9 Å². The third-order valence-corrected chi connectivity index (χ3v) is 6.71. The molecule has 1 aromatic carbocycles. The van der Waals surface area contributed by atoms with E-state index in [1.54, 1.807) is 13.2 Å². The number of carbonyl (C=O) groups excluding carboxylic acids is 1. The van der Waals surface area contributed by atoms with Gasteiger partial charge in [0.15, 0.2) is 5.16 Å². The second-order valence-electron chi connectivity index (χ2n) is 7.67. The normalized spacial score (nSPS) is 14.8. The van der Waals surface area contributed by atoms with E-state index in [2.05, 4.69) is 20.4 Å². The molecule has 10 nitrogen and oxygen atoms in total. The predicted molar refractivity (Wildman–Crippen MR) is 126 cm³/mol. The largest absolute Gasteiger partial charge is 0.467 e. The number of nitrogens with zero attached hydrogens (tertiary/aromatic N) is 5. The number of carbonyl (C=O) groups is 1. The number of nitrogens with one attached hydrogen (secondary N) is 1. The van der Waals surface area contributed by atoms with Crippen molar-refractivity contribution in [2.75, 3.05) is 23.3 Å². The second-order valence-corrected chi connectivity index (χ2v) is 9.38. The van der Waals surface area contributed by atoms with Crippen molar-refractivity contribution in [3.05, 3.63) is 57.5 Å². The molecule has 1 N–H and O–H groups in total. The van der Waals surface area contributed by atoms with Gasteiger partial charge in [-0.2, -0.15) is 0 Å². The Balaban J connectivity index is 1.52. The number of thioether (sulfide) groups is 1. The van der Waals surface area contributed by atoms with Gasteiger partial charge in [-0.3, -0.25) is 19.5 Å². The highest BCUT2D eigenvalue weighted by atomic mass is 35.5. The number of furan rings is 1. The number of halogens is 1. The Kier molecular flexibility index (Phi) is 7.19. The van der Waals surface area contributed by atoms with Gasteiger partial charge in [-0.1, -0.05) is 23.4 Å². The Hall–Kier alpha value is -3.05. The zero-order valence-electron chi connectivity index (χ0n) is 17.9. The maximum Gasteiger partial charge on any atom is 0.271 e. The molecule has 1 unspecified atom stereocenters. The van der Waals surface area contributed by atoms with Crippen LogP contribution >= 0.6 is 23.4 Å². The number of hydrogen-bond acceptors (Lipinski definition) is 8. The summed E-state index contributed by atoms with van der Waals surface area (Å²) >= 11 is 7.37. The molecule has 1 fully saturated rings. The number of piperidine rings is 1. The lowest BCUT2D eigenvalue weighted by Crippen LogP contribution is -2.32. The van der Waals surface area contributed by atoms with Crippen LogP contribution in [0.5, 0.6) is 0 Å². The number of nitro benzene ring substituents is 1. The molecule has 12 heteroatoms. The van der Waals surface area contributed by atoms with E-state index in [9.17, 15) is 14.9 Å². The van der Waals surface area contributed by atoms with E-state index in [0.717, 1.165) is 37.6 Å². The first-order chi connectivity index (χ1) is 15.9. The van der Waals surface area contributed by atoms with E-state index < -0.39 is 10.2 Å². The van der Waals surface area contributed by atoms with Crippen molar-refractivity contribution in [2.24, 2.45) is 0 Å². The molecule has 1 saturated heterocycles. The highest BCUT2D eigenvalue weighted by Gasteiger charge is 2.25. The van der Waals surface area contributed by atoms with E-state index in [-0.39, 0.29) is 22.3 Å². The highest BCUT2D eigenvalue weighted by Crippen LogP contribution is 2.31. The Morgan fingerprint density at radius 2 is 2.09 bits per heavy atom. The minimum absolute atomic E-state index is 0.153. The molecular formula is C21H23ClN6O4S. The number of anilines is 2. The van der Waals surface area contributed by atoms with Gasteiger partial charge in [0, 0.05) is 25.2 Å². The summed E-state index contributed by atoms with van der Waals surface area (Å²) in [6, 6.07) is 7.62. The van der Waals surface area contributed by atoms with Crippen LogP contribution in [0.25, 0.3) is 0 Å². The fourth-order valence-electron chi connectivity index (χ4n) is 3.56. The van der Waals surface area contributed by atoms with Crippen LogP contribution in [0.3, 0.4) is 0 Å². The molecule has 1 aliphatic rings. The zero-order chi connectivity index (χ0) is 23.4. The lowest BCUT2D eigenvalue weighted by atomic mass is 10.1. The number of aromatic nitrogens is 3. The van der Waals surface area contributed by atoms with Crippen molar-refractivity contribution in [3.63, 3.8) is 0 Å². The average molecular weight is 491 g/mol. The quantitative estimate of drug-likeness (QED) is 0.276. The summed E-state index contributed by atoms with van der Waals surface area (Å²) in [5.41, 5.74) is 0.0359. The molecule has 174 valence electrons. The van der Waals surface area contributed by atoms with Crippen molar-refractivity contribution in [1.82, 2.24) is 14.8 Å². The van der Waals surface area contributed by atoms with Crippen molar-refractivity contribution in [1.29, 1.82) is 0 Å². The third-order valence-electron chi connectivity index (χ3n) is 5.30. The molecule has 0 spiro atoms. The zero-order valence-corrected chi connectivity index (χ0v) is 19.5. The van der Waals surface area contributed by atoms with Crippen molar-refractivity contribution >= 4 is 46.6 Å². The Morgan fingerprint density at radius 3 is 2.79 bits per heavy atom. The maximum atomic E-state index is 12.8. The fourth-order valence-corrected chi connectivity index (χ4v) is 4.57. The smallest absolute Gasteiger partial charge is 0.271 e. The minimum atomic E-state index is -0.561. The molecule has 3 heterocycles. The summed E-state index contributed by atoms with van der Waals surface area (Å²) in [5, 5.41) is 22.7. The summed E-state index contributed by atoms with van der Waals surface area (Å²) in [4.78, 5) is 25.5. The third kappa shape index (κ3) is 5.48. The second kappa shape index (κ2) is 10.3. The molecule has 1 aliphatic heterocycles. The Morgan fingerprint density at radius 1 is 1.30 bits per heavy atom. The molecule has 1 amide bonds. The first-order valence-corrected chi connectivity index (χ1v) is 11.8. The van der Waals surface area contributed by atoms with E-state index in [4.69, 9.17) is 16.0 Å². The highest BCUT2D eigenvalue weighted by molar-refractivity contribution is 8.00. The van der Waals surface area contributed by atoms with Gasteiger partial charge in [-0.05, 0) is 44.4 Å². The summed E-state index contributed by atoms with van der Waals surface area (Å²) < 4.78 is 7.48. The Labute approximate surface area is 199 Å². The number of amides is 1. The number of benzene rings is 1. The molecule has 2 aromatic heterocycles. The summed E-state index contributed by atoms with van der Waals surface area (Å²) in [5.74, 6) is 1.16. The minimum Gasteiger partial charge on any atom is -0.467 e. The van der Waals surface area contributed by atoms with Crippen LogP contribution in [0.1, 0.15) is 31.9 Å². The molecule has 4 rings (SSSR count). The molecule has 0 aliphatic carbocycles. The first-order valence-electron chi connectivity index (χ1n) is 10.5. The lowest BCUT2D eigenvalue weighted by molar-refractivity contribution is -0.384. The van der Waals surface area contributed by atoms with Crippen LogP contribution in [0, 0.1) is 10.1 Å². The topological polar surface area (TPSA) is 119 Å². The van der Waals surface area contributed by atoms with Crippen molar-refractivity contribution in [3.8, 4) is 0 Å². The summed E-state index contributed by atoms with van der Waals surface area (Å²) in [6.07, 6.45) is 5.01. The van der Waals surface area contributed by atoms with E-state index in [1.165, 1.54) is 36.4 Å². The van der Waals surface area contributed by atoms with Crippen molar-refractivity contribution in [2.45, 2.75) is 43.1 Å². The molecular weight excluding hydrogens is 468 g/mol. The number of hydrogen-bond donors (Lipinski definition) is 1. The van der Waals surface area contributed by atoms with Crippen LogP contribution < -0.4 is 10.2 Å². The predicted octanol–water partition coefficient (Wildman–Crippen LogP) is 4.59. The van der Waals surface area contributed by atoms with Gasteiger partial charge in [0.05, 0.1) is 33.7 Å². The standard InChI is InChI=1S/C21H23ClN6O4S/c1-14(19(29)23-18-12-15(28(30)31)7-8-17(18)22)33-21-25-24-20(26-9-3-2-4-10-26)27(21)13-16-6-5-11-32-16/h5-8,11-12,14H,2-4,9-10,13H2,1H3,(H,23,29). The van der Waals surface area contributed by atoms with Crippen LogP contribution in [-0.4, -0.2) is 43.9 Å².